The third-order valence-electron chi connectivity index (χ3n) is 5.40. The van der Waals surface area contributed by atoms with E-state index in [-0.39, 0.29) is 4.90 Å². The maximum Gasteiger partial charge on any atom is 0.261 e. The Morgan fingerprint density at radius 2 is 1.85 bits per heavy atom. The molecule has 0 saturated heterocycles. The van der Waals surface area contributed by atoms with Gasteiger partial charge in [0.2, 0.25) is 0 Å². The van der Waals surface area contributed by atoms with E-state index >= 15 is 0 Å². The second-order valence-corrected chi connectivity index (χ2v) is 9.57. The number of rotatable bonds is 4. The molecule has 2 aromatic carbocycles. The quantitative estimate of drug-likeness (QED) is 0.649. The number of hydrogen-bond acceptors (Lipinski definition) is 3. The molecule has 1 heterocycles. The first kappa shape index (κ1) is 18.1. The van der Waals surface area contributed by atoms with Crippen LogP contribution in [0.5, 0.6) is 0 Å². The summed E-state index contributed by atoms with van der Waals surface area (Å²) in [7, 11) is -3.62. The molecule has 1 aliphatic rings. The fraction of sp³-hybridized carbons (Fsp3) is 0.364. The van der Waals surface area contributed by atoms with Crippen molar-refractivity contribution in [2.45, 2.75) is 50.8 Å². The van der Waals surface area contributed by atoms with Crippen molar-refractivity contribution in [1.82, 2.24) is 0 Å². The van der Waals surface area contributed by atoms with Gasteiger partial charge >= 0.3 is 0 Å². The highest BCUT2D eigenvalue weighted by atomic mass is 32.2. The van der Waals surface area contributed by atoms with Gasteiger partial charge in [0, 0.05) is 23.1 Å². The van der Waals surface area contributed by atoms with Crippen LogP contribution in [0.25, 0.3) is 11.0 Å². The van der Waals surface area contributed by atoms with Crippen LogP contribution in [0.2, 0.25) is 0 Å². The Balaban J connectivity index is 1.65. The third-order valence-corrected chi connectivity index (χ3v) is 6.80. The van der Waals surface area contributed by atoms with E-state index in [1.165, 1.54) is 5.56 Å². The molecular weight excluding hydrogens is 358 g/mol. The van der Waals surface area contributed by atoms with E-state index in [1.807, 2.05) is 24.3 Å². The zero-order valence-electron chi connectivity index (χ0n) is 16.0. The molecule has 0 fully saturated rings. The van der Waals surface area contributed by atoms with Crippen molar-refractivity contribution in [1.29, 1.82) is 0 Å². The summed E-state index contributed by atoms with van der Waals surface area (Å²) in [6.45, 7) is 6.42. The zero-order valence-corrected chi connectivity index (χ0v) is 16.8. The monoisotopic (exact) mass is 383 g/mol. The average Bonchev–Trinajstić information content (AvgIpc) is 2.99. The minimum atomic E-state index is -3.62. The summed E-state index contributed by atoms with van der Waals surface area (Å²) >= 11 is 0. The molecule has 27 heavy (non-hydrogen) atoms. The molecule has 1 atom stereocenters. The van der Waals surface area contributed by atoms with Crippen LogP contribution in [0.1, 0.15) is 50.0 Å². The second-order valence-electron chi connectivity index (χ2n) is 7.89. The van der Waals surface area contributed by atoms with Crippen molar-refractivity contribution < 1.29 is 12.8 Å². The Kier molecular flexibility index (Phi) is 4.50. The van der Waals surface area contributed by atoms with E-state index in [4.69, 9.17) is 4.42 Å². The molecule has 0 spiro atoms. The Bertz CT molecular complexity index is 1080. The lowest BCUT2D eigenvalue weighted by Gasteiger charge is -2.16. The van der Waals surface area contributed by atoms with Crippen LogP contribution in [-0.2, 0) is 22.9 Å². The number of hydrogen-bond donors (Lipinski definition) is 1. The number of nitrogens with one attached hydrogen (secondary N) is 1. The van der Waals surface area contributed by atoms with Crippen LogP contribution in [0.3, 0.4) is 0 Å². The molecule has 3 aromatic rings. The molecule has 4 nitrogen and oxygen atoms in total. The van der Waals surface area contributed by atoms with Gasteiger partial charge in [-0.1, -0.05) is 32.9 Å². The Labute approximate surface area is 160 Å². The average molecular weight is 384 g/mol. The normalized spacial score (nSPS) is 17.3. The molecule has 142 valence electrons. The number of sulfonamides is 1. The standard InChI is InChI=1S/C22H25NO3S/c1-14(2)16-5-8-18(9-6-16)27(24,25)23-17-7-11-22-20(13-17)19-12-15(3)4-10-21(19)26-22/h5-9,11,13-15,23H,4,10,12H2,1-3H3/t15-/m1/s1. The first-order valence-corrected chi connectivity index (χ1v) is 11.0. The SMILES string of the molecule is CC(C)c1ccc(S(=O)(=O)Nc2ccc3oc4c(c3c2)C[C@H](C)CC4)cc1. The van der Waals surface area contributed by atoms with Crippen LogP contribution in [0.15, 0.2) is 51.8 Å². The zero-order chi connectivity index (χ0) is 19.2. The minimum absolute atomic E-state index is 0.273. The van der Waals surface area contributed by atoms with Gasteiger partial charge in [-0.25, -0.2) is 8.42 Å². The molecule has 0 amide bonds. The van der Waals surface area contributed by atoms with Gasteiger partial charge in [0.25, 0.3) is 10.0 Å². The first-order valence-electron chi connectivity index (χ1n) is 9.50. The maximum absolute atomic E-state index is 12.8. The molecule has 1 N–H and O–H groups in total. The van der Waals surface area contributed by atoms with Crippen LogP contribution >= 0.6 is 0 Å². The summed E-state index contributed by atoms with van der Waals surface area (Å²) < 4.78 is 34.2. The Hall–Kier alpha value is -2.27. The fourth-order valence-electron chi connectivity index (χ4n) is 3.76. The lowest BCUT2D eigenvalue weighted by molar-refractivity contribution is 0.438. The molecule has 0 bridgehead atoms. The van der Waals surface area contributed by atoms with Gasteiger partial charge in [-0.3, -0.25) is 4.72 Å². The van der Waals surface area contributed by atoms with Gasteiger partial charge in [0.05, 0.1) is 4.90 Å². The van der Waals surface area contributed by atoms with E-state index in [9.17, 15) is 8.42 Å². The van der Waals surface area contributed by atoms with Crippen molar-refractivity contribution in [3.8, 4) is 0 Å². The summed E-state index contributed by atoms with van der Waals surface area (Å²) in [6.07, 6.45) is 3.07. The lowest BCUT2D eigenvalue weighted by atomic mass is 9.88. The molecule has 0 saturated carbocycles. The molecule has 0 aliphatic heterocycles. The second kappa shape index (κ2) is 6.71. The Morgan fingerprint density at radius 3 is 2.56 bits per heavy atom. The number of furan rings is 1. The van der Waals surface area contributed by atoms with Crippen LogP contribution in [0.4, 0.5) is 5.69 Å². The van der Waals surface area contributed by atoms with E-state index in [1.54, 1.807) is 18.2 Å². The van der Waals surface area contributed by atoms with Gasteiger partial charge in [-0.05, 0) is 60.6 Å². The molecule has 1 aromatic heterocycles. The third kappa shape index (κ3) is 3.48. The molecule has 4 rings (SSSR count). The number of fused-ring (bicyclic) bond motifs is 3. The van der Waals surface area contributed by atoms with Crippen molar-refractivity contribution in [2.75, 3.05) is 4.72 Å². The molecule has 5 heteroatoms. The van der Waals surface area contributed by atoms with E-state index < -0.39 is 10.0 Å². The number of anilines is 1. The summed E-state index contributed by atoms with van der Waals surface area (Å²) in [6, 6.07) is 12.6. The van der Waals surface area contributed by atoms with E-state index in [0.29, 0.717) is 17.5 Å². The molecule has 0 unspecified atom stereocenters. The number of benzene rings is 2. The lowest BCUT2D eigenvalue weighted by Crippen LogP contribution is -2.13. The summed E-state index contributed by atoms with van der Waals surface area (Å²) in [4.78, 5) is 0.273. The summed E-state index contributed by atoms with van der Waals surface area (Å²) in [5.74, 6) is 2.04. The van der Waals surface area contributed by atoms with Gasteiger partial charge in [-0.2, -0.15) is 0 Å². The predicted octanol–water partition coefficient (Wildman–Crippen LogP) is 5.48. The highest BCUT2D eigenvalue weighted by molar-refractivity contribution is 7.92. The van der Waals surface area contributed by atoms with Crippen LogP contribution < -0.4 is 4.72 Å². The van der Waals surface area contributed by atoms with Crippen molar-refractivity contribution in [2.24, 2.45) is 5.92 Å². The van der Waals surface area contributed by atoms with Crippen LogP contribution in [-0.4, -0.2) is 8.42 Å². The predicted molar refractivity (Wildman–Crippen MR) is 109 cm³/mol. The first-order chi connectivity index (χ1) is 12.8. The largest absolute Gasteiger partial charge is 0.461 e. The summed E-state index contributed by atoms with van der Waals surface area (Å²) in [5, 5.41) is 1.02. The van der Waals surface area contributed by atoms with Crippen molar-refractivity contribution in [3.05, 3.63) is 59.4 Å². The van der Waals surface area contributed by atoms with Crippen LogP contribution in [0, 0.1) is 5.92 Å². The Morgan fingerprint density at radius 1 is 1.11 bits per heavy atom. The van der Waals surface area contributed by atoms with Gasteiger partial charge in [-0.15, -0.1) is 0 Å². The minimum Gasteiger partial charge on any atom is -0.461 e. The fourth-order valence-corrected chi connectivity index (χ4v) is 4.81. The van der Waals surface area contributed by atoms with Crippen molar-refractivity contribution in [3.63, 3.8) is 0 Å². The van der Waals surface area contributed by atoms with Crippen molar-refractivity contribution >= 4 is 26.7 Å². The molecule has 0 radical (unpaired) electrons. The highest BCUT2D eigenvalue weighted by Gasteiger charge is 2.22. The van der Waals surface area contributed by atoms with E-state index in [0.717, 1.165) is 41.6 Å². The maximum atomic E-state index is 12.8. The smallest absolute Gasteiger partial charge is 0.261 e. The van der Waals surface area contributed by atoms with Gasteiger partial charge in [0.1, 0.15) is 11.3 Å². The number of aryl methyl sites for hydroxylation is 1. The molecule has 1 aliphatic carbocycles. The van der Waals surface area contributed by atoms with E-state index in [2.05, 4.69) is 25.5 Å². The topological polar surface area (TPSA) is 59.3 Å². The molecular formula is C22H25NO3S. The van der Waals surface area contributed by atoms with Gasteiger partial charge in [0.15, 0.2) is 0 Å². The summed E-state index contributed by atoms with van der Waals surface area (Å²) in [5.41, 5.74) is 3.75. The van der Waals surface area contributed by atoms with Gasteiger partial charge < -0.3 is 4.42 Å². The highest BCUT2D eigenvalue weighted by Crippen LogP contribution is 2.35.